The van der Waals surface area contributed by atoms with Crippen molar-refractivity contribution in [2.24, 2.45) is 0 Å². The summed E-state index contributed by atoms with van der Waals surface area (Å²) < 4.78 is 1.75. The number of nitrogen functional groups attached to an aromatic ring is 1. The Labute approximate surface area is 174 Å². The van der Waals surface area contributed by atoms with Crippen LogP contribution in [0.25, 0.3) is 16.6 Å². The molecule has 30 heavy (non-hydrogen) atoms. The van der Waals surface area contributed by atoms with Crippen LogP contribution < -0.4 is 21.9 Å². The maximum atomic E-state index is 12.8. The van der Waals surface area contributed by atoms with Crippen LogP contribution in [-0.2, 0) is 0 Å². The SMILES string of the molecule is Nc1cc2cnc(Nc3ccc(C4=CCNCC4)cn3)nc2n(C2CCCC2)c1=O. The molecule has 1 saturated carbocycles. The van der Waals surface area contributed by atoms with Gasteiger partial charge in [-0.1, -0.05) is 18.9 Å². The van der Waals surface area contributed by atoms with E-state index in [2.05, 4.69) is 37.7 Å². The lowest BCUT2D eigenvalue weighted by Gasteiger charge is -2.17. The lowest BCUT2D eigenvalue weighted by atomic mass is 10.0. The third-order valence-electron chi connectivity index (χ3n) is 5.93. The molecule has 8 nitrogen and oxygen atoms in total. The zero-order valence-corrected chi connectivity index (χ0v) is 16.8. The molecule has 4 N–H and O–H groups in total. The monoisotopic (exact) mass is 403 g/mol. The molecule has 3 aromatic rings. The molecule has 1 aliphatic carbocycles. The number of anilines is 3. The minimum Gasteiger partial charge on any atom is -0.394 e. The number of hydrogen-bond acceptors (Lipinski definition) is 7. The molecule has 1 fully saturated rings. The highest BCUT2D eigenvalue weighted by molar-refractivity contribution is 5.79. The maximum Gasteiger partial charge on any atom is 0.275 e. The van der Waals surface area contributed by atoms with Crippen LogP contribution in [-0.4, -0.2) is 32.6 Å². The highest BCUT2D eigenvalue weighted by atomic mass is 16.1. The average molecular weight is 403 g/mol. The zero-order valence-electron chi connectivity index (χ0n) is 16.8. The Morgan fingerprint density at radius 1 is 1.17 bits per heavy atom. The molecule has 0 saturated heterocycles. The Hall–Kier alpha value is -3.26. The Morgan fingerprint density at radius 3 is 2.77 bits per heavy atom. The van der Waals surface area contributed by atoms with E-state index in [1.54, 1.807) is 16.8 Å². The van der Waals surface area contributed by atoms with Gasteiger partial charge in [0.15, 0.2) is 0 Å². The zero-order chi connectivity index (χ0) is 20.5. The van der Waals surface area contributed by atoms with E-state index in [-0.39, 0.29) is 17.3 Å². The van der Waals surface area contributed by atoms with Gasteiger partial charge in [0.2, 0.25) is 5.95 Å². The molecule has 0 atom stereocenters. The summed E-state index contributed by atoms with van der Waals surface area (Å²) in [5.74, 6) is 1.08. The van der Waals surface area contributed by atoms with E-state index in [1.165, 1.54) is 5.57 Å². The van der Waals surface area contributed by atoms with Crippen molar-refractivity contribution >= 4 is 34.1 Å². The smallest absolute Gasteiger partial charge is 0.275 e. The fourth-order valence-electron chi connectivity index (χ4n) is 4.36. The molecule has 0 aromatic carbocycles. The van der Waals surface area contributed by atoms with Crippen LogP contribution in [0.5, 0.6) is 0 Å². The van der Waals surface area contributed by atoms with Gasteiger partial charge in [-0.3, -0.25) is 9.36 Å². The number of nitrogens with two attached hydrogens (primary N) is 1. The molecule has 8 heteroatoms. The quantitative estimate of drug-likeness (QED) is 0.614. The van der Waals surface area contributed by atoms with E-state index in [1.807, 2.05) is 12.3 Å². The number of aromatic nitrogens is 4. The molecule has 3 aromatic heterocycles. The van der Waals surface area contributed by atoms with E-state index < -0.39 is 0 Å². The van der Waals surface area contributed by atoms with E-state index >= 15 is 0 Å². The molecule has 154 valence electrons. The predicted molar refractivity (Wildman–Crippen MR) is 119 cm³/mol. The van der Waals surface area contributed by atoms with Gasteiger partial charge in [0.1, 0.15) is 11.5 Å². The van der Waals surface area contributed by atoms with Gasteiger partial charge in [0.25, 0.3) is 5.56 Å². The number of nitrogens with one attached hydrogen (secondary N) is 2. The molecule has 5 rings (SSSR count). The molecule has 1 aliphatic heterocycles. The van der Waals surface area contributed by atoms with Crippen molar-refractivity contribution < 1.29 is 0 Å². The Bertz CT molecular complexity index is 1160. The van der Waals surface area contributed by atoms with Gasteiger partial charge in [-0.05, 0) is 55.1 Å². The van der Waals surface area contributed by atoms with Crippen molar-refractivity contribution in [1.29, 1.82) is 0 Å². The van der Waals surface area contributed by atoms with Crippen molar-refractivity contribution in [2.75, 3.05) is 24.1 Å². The maximum absolute atomic E-state index is 12.8. The lowest BCUT2D eigenvalue weighted by Crippen LogP contribution is -2.27. The molecule has 0 radical (unpaired) electrons. The topological polar surface area (TPSA) is 111 Å². The van der Waals surface area contributed by atoms with Gasteiger partial charge in [-0.15, -0.1) is 0 Å². The fraction of sp³-hybridized carbons (Fsp3) is 0.364. The van der Waals surface area contributed by atoms with Crippen molar-refractivity contribution in [1.82, 2.24) is 24.8 Å². The third kappa shape index (κ3) is 3.54. The van der Waals surface area contributed by atoms with Gasteiger partial charge in [-0.25, -0.2) is 9.97 Å². The first-order chi connectivity index (χ1) is 14.7. The van der Waals surface area contributed by atoms with Crippen molar-refractivity contribution in [3.8, 4) is 0 Å². The summed E-state index contributed by atoms with van der Waals surface area (Å²) in [4.78, 5) is 26.3. The first-order valence-electron chi connectivity index (χ1n) is 10.5. The van der Waals surface area contributed by atoms with Gasteiger partial charge in [-0.2, -0.15) is 4.98 Å². The number of fused-ring (bicyclic) bond motifs is 1. The highest BCUT2D eigenvalue weighted by Gasteiger charge is 2.22. The molecule has 0 amide bonds. The standard InChI is InChI=1S/C22H25N7O/c23-18-11-16-13-26-22(28-20(16)29(21(18)30)17-3-1-2-4-17)27-19-6-5-15(12-25-19)14-7-9-24-10-8-14/h5-7,11-13,17,24H,1-4,8-10,23H2,(H,25,26,27,28). The number of pyridine rings is 2. The normalized spacial score (nSPS) is 17.3. The lowest BCUT2D eigenvalue weighted by molar-refractivity contribution is 0.517. The molecule has 0 bridgehead atoms. The van der Waals surface area contributed by atoms with Crippen LogP contribution in [0.1, 0.15) is 43.7 Å². The largest absolute Gasteiger partial charge is 0.394 e. The Morgan fingerprint density at radius 2 is 2.03 bits per heavy atom. The van der Waals surface area contributed by atoms with E-state index in [0.717, 1.165) is 56.1 Å². The molecular weight excluding hydrogens is 378 g/mol. The van der Waals surface area contributed by atoms with Crippen molar-refractivity contribution in [3.63, 3.8) is 0 Å². The summed E-state index contributed by atoms with van der Waals surface area (Å²) in [5, 5.41) is 7.25. The molecule has 0 unspecified atom stereocenters. The average Bonchev–Trinajstić information content (AvgIpc) is 3.30. The summed E-state index contributed by atoms with van der Waals surface area (Å²) in [7, 11) is 0. The van der Waals surface area contributed by atoms with E-state index in [4.69, 9.17) is 5.73 Å². The minimum atomic E-state index is -0.170. The van der Waals surface area contributed by atoms with Crippen LogP contribution in [0.2, 0.25) is 0 Å². The molecule has 4 heterocycles. The number of nitrogens with zero attached hydrogens (tertiary/aromatic N) is 4. The van der Waals surface area contributed by atoms with Crippen LogP contribution in [0, 0.1) is 0 Å². The van der Waals surface area contributed by atoms with Crippen LogP contribution in [0.3, 0.4) is 0 Å². The van der Waals surface area contributed by atoms with Crippen molar-refractivity contribution in [2.45, 2.75) is 38.1 Å². The highest BCUT2D eigenvalue weighted by Crippen LogP contribution is 2.31. The summed E-state index contributed by atoms with van der Waals surface area (Å²) in [6.45, 7) is 1.89. The van der Waals surface area contributed by atoms with E-state index in [0.29, 0.717) is 17.4 Å². The second-order valence-corrected chi connectivity index (χ2v) is 7.93. The van der Waals surface area contributed by atoms with Crippen LogP contribution in [0.4, 0.5) is 17.5 Å². The number of rotatable bonds is 4. The van der Waals surface area contributed by atoms with Crippen LogP contribution >= 0.6 is 0 Å². The van der Waals surface area contributed by atoms with E-state index in [9.17, 15) is 4.79 Å². The molecule has 0 spiro atoms. The van der Waals surface area contributed by atoms with Crippen molar-refractivity contribution in [3.05, 3.63) is 52.6 Å². The van der Waals surface area contributed by atoms with Gasteiger partial charge in [0.05, 0.1) is 5.69 Å². The number of hydrogen-bond donors (Lipinski definition) is 3. The predicted octanol–water partition coefficient (Wildman–Crippen LogP) is 3.00. The van der Waals surface area contributed by atoms with Gasteiger partial charge >= 0.3 is 0 Å². The molecule has 2 aliphatic rings. The second-order valence-electron chi connectivity index (χ2n) is 7.93. The van der Waals surface area contributed by atoms with Gasteiger partial charge < -0.3 is 16.4 Å². The van der Waals surface area contributed by atoms with Gasteiger partial charge in [0, 0.05) is 30.4 Å². The third-order valence-corrected chi connectivity index (χ3v) is 5.93. The van der Waals surface area contributed by atoms with Crippen LogP contribution in [0.15, 0.2) is 41.5 Å². The minimum absolute atomic E-state index is 0.141. The Kier molecular flexibility index (Phi) is 4.92. The summed E-state index contributed by atoms with van der Waals surface area (Å²) in [6.07, 6.45) is 11.0. The summed E-state index contributed by atoms with van der Waals surface area (Å²) in [5.41, 5.74) is 9.10. The summed E-state index contributed by atoms with van der Waals surface area (Å²) >= 11 is 0. The first kappa shape index (κ1) is 18.7. The fourth-order valence-corrected chi connectivity index (χ4v) is 4.36. The molecular formula is C22H25N7O. The Balaban J connectivity index is 1.46. The first-order valence-corrected chi connectivity index (χ1v) is 10.5. The second kappa shape index (κ2) is 7.87. The summed E-state index contributed by atoms with van der Waals surface area (Å²) in [6, 6.07) is 5.79.